The summed E-state index contributed by atoms with van der Waals surface area (Å²) in [5, 5.41) is 6.75. The number of nitrogens with zero attached hydrogens (tertiary/aromatic N) is 1. The first kappa shape index (κ1) is 41.9. The van der Waals surface area contributed by atoms with E-state index in [9.17, 15) is 0 Å². The molecule has 3 nitrogen and oxygen atoms in total. The molecule has 11 rings (SSSR count). The highest BCUT2D eigenvalue weighted by molar-refractivity contribution is 9.10. The molecular weight excluding hydrogens is 898 g/mol. The Balaban J connectivity index is 1.31. The van der Waals surface area contributed by atoms with Crippen molar-refractivity contribution in [2.24, 2.45) is 5.92 Å². The highest BCUT2D eigenvalue weighted by Gasteiger charge is 2.37. The minimum atomic E-state index is -1.84. The molecule has 10 aromatic rings. The van der Waals surface area contributed by atoms with E-state index in [-0.39, 0.29) is 11.3 Å². The lowest BCUT2D eigenvalue weighted by Gasteiger charge is -2.37. The summed E-state index contributed by atoms with van der Waals surface area (Å²) in [7, 11) is -1.84. The van der Waals surface area contributed by atoms with Crippen LogP contribution in [0.3, 0.4) is 0 Å². The molecule has 0 saturated heterocycles. The van der Waals surface area contributed by atoms with Crippen molar-refractivity contribution >= 4 is 79.3 Å². The quantitative estimate of drug-likeness (QED) is 0.121. The summed E-state index contributed by atoms with van der Waals surface area (Å²) in [5.41, 5.74) is 8.60. The van der Waals surface area contributed by atoms with E-state index in [0.717, 1.165) is 76.8 Å². The van der Waals surface area contributed by atoms with Crippen LogP contribution in [-0.2, 0) is 0 Å². The van der Waals surface area contributed by atoms with Crippen LogP contribution in [-0.4, -0.2) is 6.54 Å². The van der Waals surface area contributed by atoms with Gasteiger partial charge in [-0.3, -0.25) is 0 Å². The Morgan fingerprint density at radius 3 is 1.51 bits per heavy atom. The lowest BCUT2D eigenvalue weighted by atomic mass is 9.88. The Labute approximate surface area is 394 Å². The highest BCUT2D eigenvalue weighted by Crippen LogP contribution is 2.55. The SMILES string of the molecule is Brc1ccc(S[C@H](c2ccccc2)[C@H](c2ccccc2)N(CC2CCCCC2)p2oc3c(-c4ccccc4)cc4ccccc4c3c3c(o2)c(-c2ccccc2)cc2ccccc23)cc1. The summed E-state index contributed by atoms with van der Waals surface area (Å²) in [6, 6.07) is 74.8. The van der Waals surface area contributed by atoms with Gasteiger partial charge in [0.05, 0.1) is 11.3 Å². The van der Waals surface area contributed by atoms with Crippen LogP contribution < -0.4 is 4.67 Å². The van der Waals surface area contributed by atoms with Gasteiger partial charge in [0.15, 0.2) is 11.2 Å². The zero-order chi connectivity index (χ0) is 43.5. The number of rotatable bonds is 11. The second-order valence-corrected chi connectivity index (χ2v) is 20.7. The maximum absolute atomic E-state index is 7.98. The smallest absolute Gasteiger partial charge is 0.310 e. The van der Waals surface area contributed by atoms with Crippen molar-refractivity contribution in [2.45, 2.75) is 48.3 Å². The van der Waals surface area contributed by atoms with E-state index in [0.29, 0.717) is 5.92 Å². The van der Waals surface area contributed by atoms with E-state index in [2.05, 4.69) is 227 Å². The molecule has 6 heteroatoms. The summed E-state index contributed by atoms with van der Waals surface area (Å²) < 4.78 is 19.7. The van der Waals surface area contributed by atoms with Crippen molar-refractivity contribution in [1.82, 2.24) is 0 Å². The van der Waals surface area contributed by atoms with Gasteiger partial charge < -0.3 is 8.39 Å². The molecule has 1 heterocycles. The van der Waals surface area contributed by atoms with Gasteiger partial charge in [-0.05, 0) is 99.0 Å². The number of fused-ring (bicyclic) bond motifs is 7. The van der Waals surface area contributed by atoms with Crippen LogP contribution in [0, 0.1) is 5.92 Å². The minimum absolute atomic E-state index is 0.0179. The largest absolute Gasteiger partial charge is 0.407 e. The third kappa shape index (κ3) is 8.60. The van der Waals surface area contributed by atoms with Crippen molar-refractivity contribution in [3.63, 3.8) is 0 Å². The fourth-order valence-corrected chi connectivity index (χ4v) is 13.4. The standard InChI is InChI=1S/C59H49BrNO2PS/c60-48-34-36-49(37-35-48)65-59(45-28-14-5-15-29-45)56(44-26-12-4-13-27-44)61(40-41-20-6-1-7-21-41)64-62-57-52(42-22-8-2-9-23-42)38-46-30-16-18-32-50(46)54(57)55-51-33-19-17-31-47(51)39-53(58(55)63-64)43-24-10-3-11-25-43/h2-5,8-19,22-39,41,56,59H,1,6-7,20-21,40H2/t56-,59+/m0/s1. The number of thioether (sulfide) groups is 1. The van der Waals surface area contributed by atoms with Crippen molar-refractivity contribution in [2.75, 3.05) is 11.2 Å². The molecule has 1 aromatic heterocycles. The second kappa shape index (κ2) is 19.0. The van der Waals surface area contributed by atoms with Crippen molar-refractivity contribution in [1.29, 1.82) is 0 Å². The molecule has 0 unspecified atom stereocenters. The maximum atomic E-state index is 7.98. The van der Waals surface area contributed by atoms with Crippen LogP contribution >= 0.6 is 35.9 Å². The minimum Gasteiger partial charge on any atom is -0.407 e. The summed E-state index contributed by atoms with van der Waals surface area (Å²) in [4.78, 5) is 1.21. The molecule has 1 saturated carbocycles. The molecule has 2 atom stereocenters. The summed E-state index contributed by atoms with van der Waals surface area (Å²) in [6.07, 6.45) is 6.13. The predicted octanol–water partition coefficient (Wildman–Crippen LogP) is 18.5. The normalized spacial score (nSPS) is 14.3. The van der Waals surface area contributed by atoms with E-state index in [1.165, 1.54) is 48.1 Å². The van der Waals surface area contributed by atoms with Gasteiger partial charge in [0.2, 0.25) is 0 Å². The van der Waals surface area contributed by atoms with Crippen LogP contribution in [0.5, 0.6) is 0 Å². The Bertz CT molecular complexity index is 3130. The number of hydrogen-bond acceptors (Lipinski definition) is 4. The number of hydrogen-bond donors (Lipinski definition) is 0. The molecule has 1 fully saturated rings. The molecule has 1 aliphatic carbocycles. The monoisotopic (exact) mass is 945 g/mol. The molecule has 0 N–H and O–H groups in total. The van der Waals surface area contributed by atoms with Crippen LogP contribution in [0.1, 0.15) is 54.5 Å². The summed E-state index contributed by atoms with van der Waals surface area (Å²) in [6.45, 7) is 0.836. The molecule has 9 aromatic carbocycles. The first-order chi connectivity index (χ1) is 32.2. The van der Waals surface area contributed by atoms with Crippen LogP contribution in [0.4, 0.5) is 0 Å². The molecule has 0 bridgehead atoms. The molecule has 0 spiro atoms. The van der Waals surface area contributed by atoms with Gasteiger partial charge in [0, 0.05) is 37.8 Å². The van der Waals surface area contributed by atoms with Gasteiger partial charge in [-0.15, -0.1) is 11.8 Å². The summed E-state index contributed by atoms with van der Waals surface area (Å²) in [5.74, 6) is 0.483. The van der Waals surface area contributed by atoms with Gasteiger partial charge >= 0.3 is 8.16 Å². The van der Waals surface area contributed by atoms with E-state index in [1.807, 2.05) is 11.8 Å². The maximum Gasteiger partial charge on any atom is 0.310 e. The van der Waals surface area contributed by atoms with Crippen LogP contribution in [0.15, 0.2) is 224 Å². The molecule has 320 valence electrons. The van der Waals surface area contributed by atoms with Crippen LogP contribution in [0.25, 0.3) is 65.7 Å². The third-order valence-electron chi connectivity index (χ3n) is 13.1. The zero-order valence-electron chi connectivity index (χ0n) is 36.1. The Kier molecular flexibility index (Phi) is 12.2. The first-order valence-electron chi connectivity index (χ1n) is 22.8. The fraction of sp³-hybridized carbons (Fsp3) is 0.153. The van der Waals surface area contributed by atoms with Crippen LogP contribution in [0.2, 0.25) is 0 Å². The van der Waals surface area contributed by atoms with E-state index >= 15 is 0 Å². The van der Waals surface area contributed by atoms with Gasteiger partial charge in [-0.1, -0.05) is 205 Å². The van der Waals surface area contributed by atoms with Gasteiger partial charge in [-0.2, -0.15) is 4.67 Å². The number of halogens is 1. The van der Waals surface area contributed by atoms with E-state index in [4.69, 9.17) is 8.39 Å². The highest BCUT2D eigenvalue weighted by atomic mass is 79.9. The zero-order valence-corrected chi connectivity index (χ0v) is 39.4. The van der Waals surface area contributed by atoms with Gasteiger partial charge in [0.1, 0.15) is 0 Å². The topological polar surface area (TPSA) is 29.5 Å². The number of benzene rings is 9. The average Bonchev–Trinajstić information content (AvgIpc) is 3.56. The summed E-state index contributed by atoms with van der Waals surface area (Å²) >= 11 is 5.64. The first-order valence-corrected chi connectivity index (χ1v) is 25.6. The Hall–Kier alpha value is -5.81. The van der Waals surface area contributed by atoms with E-state index < -0.39 is 8.16 Å². The van der Waals surface area contributed by atoms with Gasteiger partial charge in [0.25, 0.3) is 0 Å². The fourth-order valence-electron chi connectivity index (χ4n) is 9.97. The molecule has 0 radical (unpaired) electrons. The average molecular weight is 947 g/mol. The Morgan fingerprint density at radius 1 is 0.523 bits per heavy atom. The second-order valence-electron chi connectivity index (χ2n) is 17.2. The molecule has 0 amide bonds. The predicted molar refractivity (Wildman–Crippen MR) is 280 cm³/mol. The van der Waals surface area contributed by atoms with Crippen molar-refractivity contribution < 1.29 is 8.39 Å². The van der Waals surface area contributed by atoms with E-state index in [1.54, 1.807) is 0 Å². The van der Waals surface area contributed by atoms with Gasteiger partial charge in [-0.25, -0.2) is 0 Å². The molecular formula is C59H49BrNO2PS. The lowest BCUT2D eigenvalue weighted by Crippen LogP contribution is -2.34. The van der Waals surface area contributed by atoms with Crippen molar-refractivity contribution in [3.05, 3.63) is 222 Å². The Morgan fingerprint density at radius 2 is 0.985 bits per heavy atom. The molecule has 65 heavy (non-hydrogen) atoms. The molecule has 0 aliphatic heterocycles. The lowest BCUT2D eigenvalue weighted by molar-refractivity contribution is 0.351. The van der Waals surface area contributed by atoms with Crippen molar-refractivity contribution in [3.8, 4) is 22.3 Å². The third-order valence-corrected chi connectivity index (χ3v) is 16.5. The molecule has 1 aliphatic rings.